The van der Waals surface area contributed by atoms with E-state index >= 15 is 0 Å². The summed E-state index contributed by atoms with van der Waals surface area (Å²) in [6, 6.07) is 16.1. The van der Waals surface area contributed by atoms with Crippen LogP contribution in [0.25, 0.3) is 22.2 Å². The van der Waals surface area contributed by atoms with Gasteiger partial charge in [-0.15, -0.1) is 0 Å². The second-order valence-electron chi connectivity index (χ2n) is 9.81. The van der Waals surface area contributed by atoms with Crippen molar-refractivity contribution in [3.63, 3.8) is 0 Å². The van der Waals surface area contributed by atoms with E-state index in [-0.39, 0.29) is 6.10 Å². The molecule has 2 aromatic carbocycles. The SMILES string of the molecule is Cc1nccnc1Oc1ccc2c(C#N)c(-c3ccc(NC(=O)O[C@H](C)C4CC4)cc3)n(C3CC3)c2c1. The summed E-state index contributed by atoms with van der Waals surface area (Å²) in [7, 11) is 0. The third kappa shape index (κ3) is 4.60. The predicted molar refractivity (Wildman–Crippen MR) is 139 cm³/mol. The number of hydrogen-bond acceptors (Lipinski definition) is 6. The maximum absolute atomic E-state index is 12.3. The van der Waals surface area contributed by atoms with E-state index in [0.29, 0.717) is 40.5 Å². The van der Waals surface area contributed by atoms with Crippen LogP contribution in [0.5, 0.6) is 11.6 Å². The monoisotopic (exact) mass is 493 g/mol. The number of rotatable bonds is 7. The van der Waals surface area contributed by atoms with Crippen LogP contribution in [-0.2, 0) is 4.74 Å². The molecule has 2 heterocycles. The first kappa shape index (κ1) is 23.0. The molecule has 6 rings (SSSR count). The zero-order chi connectivity index (χ0) is 25.5. The molecule has 1 atom stereocenters. The van der Waals surface area contributed by atoms with Gasteiger partial charge in [-0.3, -0.25) is 10.3 Å². The molecule has 0 radical (unpaired) electrons. The standard InChI is InChI=1S/C29H27N5O3/c1-17-28(32-14-13-31-17)37-23-11-12-24-25(16-30)27(34(22-9-10-22)26(24)15-23)20-5-7-21(8-6-20)33-29(35)36-18(2)19-3-4-19/h5-8,11-15,18-19,22H,3-4,9-10H2,1-2H3,(H,33,35)/t18-/m1/s1. The van der Waals surface area contributed by atoms with Crippen LogP contribution in [0.1, 0.15) is 49.9 Å². The average molecular weight is 494 g/mol. The Balaban J connectivity index is 1.32. The second-order valence-corrected chi connectivity index (χ2v) is 9.81. The number of nitriles is 1. The molecule has 8 nitrogen and oxygen atoms in total. The largest absolute Gasteiger partial charge is 0.446 e. The van der Waals surface area contributed by atoms with Crippen LogP contribution in [0.15, 0.2) is 54.9 Å². The lowest BCUT2D eigenvalue weighted by Gasteiger charge is -2.14. The third-order valence-corrected chi connectivity index (χ3v) is 7.03. The summed E-state index contributed by atoms with van der Waals surface area (Å²) in [4.78, 5) is 20.8. The van der Waals surface area contributed by atoms with Gasteiger partial charge in [0, 0.05) is 35.6 Å². The lowest BCUT2D eigenvalue weighted by Crippen LogP contribution is -2.21. The van der Waals surface area contributed by atoms with Crippen molar-refractivity contribution in [1.29, 1.82) is 5.26 Å². The Morgan fingerprint density at radius 2 is 1.86 bits per heavy atom. The van der Waals surface area contributed by atoms with Crippen molar-refractivity contribution in [2.24, 2.45) is 5.92 Å². The molecule has 2 saturated carbocycles. The fourth-order valence-corrected chi connectivity index (χ4v) is 4.76. The molecule has 0 spiro atoms. The number of carbonyl (C=O) groups is 1. The number of ether oxygens (including phenoxy) is 2. The maximum atomic E-state index is 12.3. The summed E-state index contributed by atoms with van der Waals surface area (Å²) < 4.78 is 13.8. The van der Waals surface area contributed by atoms with Gasteiger partial charge in [0.05, 0.1) is 22.5 Å². The summed E-state index contributed by atoms with van der Waals surface area (Å²) in [6.07, 6.45) is 7.07. The first-order valence-corrected chi connectivity index (χ1v) is 12.6. The van der Waals surface area contributed by atoms with Gasteiger partial charge in [0.2, 0.25) is 5.88 Å². The highest BCUT2D eigenvalue weighted by Gasteiger charge is 2.32. The van der Waals surface area contributed by atoms with E-state index in [1.54, 1.807) is 12.4 Å². The molecule has 0 saturated heterocycles. The van der Waals surface area contributed by atoms with E-state index in [4.69, 9.17) is 9.47 Å². The number of carbonyl (C=O) groups excluding carboxylic acids is 1. The number of nitrogens with one attached hydrogen (secondary N) is 1. The highest BCUT2D eigenvalue weighted by atomic mass is 16.6. The summed E-state index contributed by atoms with van der Waals surface area (Å²) in [5.74, 6) is 1.59. The smallest absolute Gasteiger partial charge is 0.411 e. The molecule has 0 aliphatic heterocycles. The Kier molecular flexibility index (Phi) is 5.76. The van der Waals surface area contributed by atoms with E-state index in [0.717, 1.165) is 47.8 Å². The van der Waals surface area contributed by atoms with E-state index in [1.165, 1.54) is 0 Å². The first-order valence-electron chi connectivity index (χ1n) is 12.6. The van der Waals surface area contributed by atoms with Gasteiger partial charge in [-0.1, -0.05) is 12.1 Å². The molecular weight excluding hydrogens is 466 g/mol. The molecule has 2 aliphatic carbocycles. The molecule has 1 amide bonds. The quantitative estimate of drug-likeness (QED) is 0.305. The van der Waals surface area contributed by atoms with Crippen LogP contribution >= 0.6 is 0 Å². The van der Waals surface area contributed by atoms with Gasteiger partial charge in [-0.25, -0.2) is 9.78 Å². The number of nitrogens with zero attached hydrogens (tertiary/aromatic N) is 4. The second kappa shape index (κ2) is 9.25. The maximum Gasteiger partial charge on any atom is 0.411 e. The Labute approximate surface area is 214 Å². The van der Waals surface area contributed by atoms with E-state index in [1.807, 2.05) is 56.3 Å². The van der Waals surface area contributed by atoms with Crippen molar-refractivity contribution in [2.45, 2.75) is 51.7 Å². The van der Waals surface area contributed by atoms with Crippen LogP contribution in [0, 0.1) is 24.2 Å². The summed E-state index contributed by atoms with van der Waals surface area (Å²) in [5.41, 5.74) is 4.73. The van der Waals surface area contributed by atoms with Gasteiger partial charge in [0.25, 0.3) is 0 Å². The van der Waals surface area contributed by atoms with Crippen LogP contribution in [0.2, 0.25) is 0 Å². The molecule has 186 valence electrons. The zero-order valence-corrected chi connectivity index (χ0v) is 20.8. The number of hydrogen-bond donors (Lipinski definition) is 1. The molecular formula is C29H27N5O3. The lowest BCUT2D eigenvalue weighted by molar-refractivity contribution is 0.108. The van der Waals surface area contributed by atoms with Crippen LogP contribution < -0.4 is 10.1 Å². The molecule has 8 heteroatoms. The van der Waals surface area contributed by atoms with Crippen LogP contribution in [0.3, 0.4) is 0 Å². The van der Waals surface area contributed by atoms with Crippen molar-refractivity contribution in [3.8, 4) is 29.0 Å². The van der Waals surface area contributed by atoms with E-state index < -0.39 is 6.09 Å². The van der Waals surface area contributed by atoms with Gasteiger partial charge in [0.1, 0.15) is 17.9 Å². The van der Waals surface area contributed by atoms with Crippen molar-refractivity contribution < 1.29 is 14.3 Å². The van der Waals surface area contributed by atoms with Crippen LogP contribution in [-0.4, -0.2) is 26.7 Å². The predicted octanol–water partition coefficient (Wildman–Crippen LogP) is 6.75. The fraction of sp³-hybridized carbons (Fsp3) is 0.310. The summed E-state index contributed by atoms with van der Waals surface area (Å²) >= 11 is 0. The Hall–Kier alpha value is -4.38. The third-order valence-electron chi connectivity index (χ3n) is 7.03. The Morgan fingerprint density at radius 1 is 1.11 bits per heavy atom. The van der Waals surface area contributed by atoms with Crippen molar-refractivity contribution in [1.82, 2.24) is 14.5 Å². The topological polar surface area (TPSA) is 102 Å². The molecule has 37 heavy (non-hydrogen) atoms. The first-order chi connectivity index (χ1) is 18.0. The Bertz CT molecular complexity index is 1530. The van der Waals surface area contributed by atoms with Crippen molar-refractivity contribution >= 4 is 22.7 Å². The van der Waals surface area contributed by atoms with Crippen molar-refractivity contribution in [2.75, 3.05) is 5.32 Å². The zero-order valence-electron chi connectivity index (χ0n) is 20.8. The molecule has 1 N–H and O–H groups in total. The van der Waals surface area contributed by atoms with Gasteiger partial charge < -0.3 is 14.0 Å². The van der Waals surface area contributed by atoms with E-state index in [2.05, 4.69) is 25.9 Å². The van der Waals surface area contributed by atoms with Gasteiger partial charge >= 0.3 is 6.09 Å². The lowest BCUT2D eigenvalue weighted by atomic mass is 10.1. The normalized spacial score (nSPS) is 15.7. The average Bonchev–Trinajstić information content (AvgIpc) is 3.82. The number of fused-ring (bicyclic) bond motifs is 1. The minimum atomic E-state index is -0.442. The minimum absolute atomic E-state index is 0.0709. The minimum Gasteiger partial charge on any atom is -0.446 e. The number of benzene rings is 2. The Morgan fingerprint density at radius 3 is 2.54 bits per heavy atom. The highest BCUT2D eigenvalue weighted by Crippen LogP contribution is 2.45. The van der Waals surface area contributed by atoms with E-state index in [9.17, 15) is 10.1 Å². The van der Waals surface area contributed by atoms with Crippen molar-refractivity contribution in [3.05, 3.63) is 66.1 Å². The number of anilines is 1. The fourth-order valence-electron chi connectivity index (χ4n) is 4.76. The molecule has 2 aromatic heterocycles. The summed E-state index contributed by atoms with van der Waals surface area (Å²) in [6.45, 7) is 3.79. The summed E-state index contributed by atoms with van der Waals surface area (Å²) in [5, 5.41) is 13.9. The highest BCUT2D eigenvalue weighted by molar-refractivity contribution is 5.96. The molecule has 0 bridgehead atoms. The molecule has 2 fully saturated rings. The number of aryl methyl sites for hydroxylation is 1. The van der Waals surface area contributed by atoms with Gasteiger partial charge in [-0.2, -0.15) is 5.26 Å². The molecule has 4 aromatic rings. The molecule has 0 unspecified atom stereocenters. The number of aromatic nitrogens is 3. The molecule has 2 aliphatic rings. The van der Waals surface area contributed by atoms with Gasteiger partial charge in [-0.05, 0) is 75.3 Å². The number of amides is 1. The van der Waals surface area contributed by atoms with Crippen LogP contribution in [0.4, 0.5) is 10.5 Å². The van der Waals surface area contributed by atoms with Gasteiger partial charge in [0.15, 0.2) is 0 Å².